The zero-order chi connectivity index (χ0) is 28.9. The summed E-state index contributed by atoms with van der Waals surface area (Å²) < 4.78 is 21.4. The van der Waals surface area contributed by atoms with Gasteiger partial charge < -0.3 is 13.0 Å². The monoisotopic (exact) mass is 636 g/mol. The Morgan fingerprint density at radius 2 is 1.54 bits per heavy atom. The van der Waals surface area contributed by atoms with Crippen molar-refractivity contribution in [2.24, 2.45) is 5.92 Å². The molecule has 3 fully saturated rings. The molecule has 1 saturated carbocycles. The molecule has 2 heterocycles. The Kier molecular flexibility index (Phi) is 8.71. The maximum absolute atomic E-state index is 14.0. The molecule has 214 valence electrons. The van der Waals surface area contributed by atoms with Crippen molar-refractivity contribution in [1.82, 2.24) is 5.06 Å². The van der Waals surface area contributed by atoms with E-state index in [1.54, 1.807) is 0 Å². The lowest BCUT2D eigenvalue weighted by Crippen LogP contribution is -2.80. The number of β-lactam (4-membered cyclic amide) rings is 1. The molecule has 1 spiro atoms. The number of hydrogen-bond donors (Lipinski definition) is 0. The van der Waals surface area contributed by atoms with E-state index < -0.39 is 45.6 Å². The third-order valence-corrected chi connectivity index (χ3v) is 19.9. The minimum absolute atomic E-state index is 0.0263. The molecule has 5 atom stereocenters. The number of benzene rings is 1. The van der Waals surface area contributed by atoms with Gasteiger partial charge >= 0.3 is 17.1 Å². The van der Waals surface area contributed by atoms with Crippen LogP contribution in [0.15, 0.2) is 30.3 Å². The van der Waals surface area contributed by atoms with Crippen molar-refractivity contribution >= 4 is 44.7 Å². The average Bonchev–Trinajstić information content (AvgIpc) is 3.05. The molecule has 2 aliphatic heterocycles. The van der Waals surface area contributed by atoms with Gasteiger partial charge in [0.05, 0.1) is 23.2 Å². The third-order valence-electron chi connectivity index (χ3n) is 8.69. The number of hydrogen-bond acceptors (Lipinski definition) is 7. The van der Waals surface area contributed by atoms with Crippen LogP contribution >= 0.6 is 15.9 Å². The van der Waals surface area contributed by atoms with Crippen molar-refractivity contribution in [2.45, 2.75) is 113 Å². The summed E-state index contributed by atoms with van der Waals surface area (Å²) in [5.74, 6) is -1.37. The van der Waals surface area contributed by atoms with Gasteiger partial charge in [-0.05, 0) is 27.7 Å². The van der Waals surface area contributed by atoms with Crippen LogP contribution in [0.4, 0.5) is 0 Å². The Balaban J connectivity index is 1.89. The van der Waals surface area contributed by atoms with E-state index in [2.05, 4.69) is 77.4 Å². The van der Waals surface area contributed by atoms with Gasteiger partial charge in [-0.2, -0.15) is 5.26 Å². The Morgan fingerprint density at radius 3 is 2.03 bits per heavy atom. The number of nitrogens with zero attached hydrogens (tertiary/aromatic N) is 2. The molecule has 0 radical (unpaired) electrons. The van der Waals surface area contributed by atoms with E-state index in [9.17, 15) is 14.9 Å². The summed E-state index contributed by atoms with van der Waals surface area (Å²) in [4.78, 5) is 32.5. The smallest absolute Gasteiger partial charge is 0.335 e. The maximum Gasteiger partial charge on any atom is 0.335 e. The zero-order valence-corrected chi connectivity index (χ0v) is 27.7. The number of nitriles is 1. The number of Topliss-reactive ketones (excluding diaryl/α,β-unsaturated/α-hetero) is 1. The number of ketones is 1. The van der Waals surface area contributed by atoms with Crippen LogP contribution in [0, 0.1) is 17.2 Å². The van der Waals surface area contributed by atoms with Crippen LogP contribution in [-0.4, -0.2) is 56.4 Å². The first-order chi connectivity index (χ1) is 18.3. The van der Waals surface area contributed by atoms with Gasteiger partial charge in [-0.3, -0.25) is 14.4 Å². The van der Waals surface area contributed by atoms with Crippen LogP contribution in [0.5, 0.6) is 0 Å². The summed E-state index contributed by atoms with van der Waals surface area (Å²) in [6, 6.07) is 11.9. The Labute approximate surface area is 242 Å². The molecule has 0 aromatic heterocycles. The maximum atomic E-state index is 14.0. The number of amides is 1. The van der Waals surface area contributed by atoms with Crippen LogP contribution in [0.3, 0.4) is 0 Å². The van der Waals surface area contributed by atoms with Crippen LogP contribution in [0.1, 0.15) is 67.4 Å². The minimum atomic E-state index is -3.09. The Morgan fingerprint density at radius 1 is 1.00 bits per heavy atom. The van der Waals surface area contributed by atoms with Gasteiger partial charge in [0.25, 0.3) is 0 Å². The van der Waals surface area contributed by atoms with Crippen LogP contribution in [0.2, 0.25) is 22.2 Å². The number of hydroxylamine groups is 2. The van der Waals surface area contributed by atoms with Crippen LogP contribution in [0.25, 0.3) is 0 Å². The normalized spacial score (nSPS) is 31.9. The predicted octanol–water partition coefficient (Wildman–Crippen LogP) is 5.90. The molecule has 39 heavy (non-hydrogen) atoms. The van der Waals surface area contributed by atoms with E-state index in [0.717, 1.165) is 5.56 Å². The molecule has 1 aromatic carbocycles. The highest BCUT2D eigenvalue weighted by molar-refractivity contribution is 9.10. The summed E-state index contributed by atoms with van der Waals surface area (Å²) in [6.45, 7) is 17.0. The second-order valence-corrected chi connectivity index (χ2v) is 22.0. The van der Waals surface area contributed by atoms with Crippen molar-refractivity contribution in [3.63, 3.8) is 0 Å². The van der Waals surface area contributed by atoms with E-state index in [-0.39, 0.29) is 46.9 Å². The Hall–Kier alpha value is -1.40. The fourth-order valence-electron chi connectivity index (χ4n) is 6.55. The van der Waals surface area contributed by atoms with Crippen molar-refractivity contribution in [1.29, 1.82) is 5.26 Å². The number of halogens is 1. The van der Waals surface area contributed by atoms with E-state index >= 15 is 0 Å². The molecule has 2 saturated heterocycles. The first-order valence-corrected chi connectivity index (χ1v) is 18.8. The SMILES string of the molecule is CC(C)[Si]1(C(C)C)OC2C(=O)C(Br)C(C#N)C3(CC(=O)N3OCc3ccccc3)C2O[Si](C(C)C)(C(C)C)O1. The minimum Gasteiger partial charge on any atom is -0.414 e. The molecule has 1 amide bonds. The van der Waals surface area contributed by atoms with E-state index in [1.807, 2.05) is 30.3 Å². The molecule has 8 nitrogen and oxygen atoms in total. The molecule has 1 aliphatic carbocycles. The largest absolute Gasteiger partial charge is 0.414 e. The van der Waals surface area contributed by atoms with E-state index in [4.69, 9.17) is 17.8 Å². The first-order valence-electron chi connectivity index (χ1n) is 13.9. The lowest BCUT2D eigenvalue weighted by atomic mass is 9.63. The van der Waals surface area contributed by atoms with Gasteiger partial charge in [0, 0.05) is 0 Å². The molecular weight excluding hydrogens is 596 g/mol. The van der Waals surface area contributed by atoms with Crippen molar-refractivity contribution in [2.75, 3.05) is 0 Å². The third kappa shape index (κ3) is 4.70. The highest BCUT2D eigenvalue weighted by Crippen LogP contribution is 2.56. The van der Waals surface area contributed by atoms with Gasteiger partial charge in [-0.25, -0.2) is 5.06 Å². The lowest BCUT2D eigenvalue weighted by Gasteiger charge is -2.60. The van der Waals surface area contributed by atoms with Crippen molar-refractivity contribution in [3.05, 3.63) is 35.9 Å². The highest BCUT2D eigenvalue weighted by atomic mass is 79.9. The van der Waals surface area contributed by atoms with Gasteiger partial charge in [0.1, 0.15) is 24.4 Å². The molecule has 4 rings (SSSR count). The standard InChI is InChI=1S/C28H41BrN2O6Si2/c1-17(2)38(18(3)4)35-26-25(33)24(29)22(15-30)28(27(26)36-39(37-38,19(5)6)20(7)8)14-23(32)31(28)34-16-21-12-10-9-11-13-21/h9-13,17-20,22,24,26-27H,14,16H2,1-8H3. The summed E-state index contributed by atoms with van der Waals surface area (Å²) >= 11 is 3.54. The fraction of sp³-hybridized carbons (Fsp3) is 0.679. The average molecular weight is 638 g/mol. The summed E-state index contributed by atoms with van der Waals surface area (Å²) in [5, 5.41) is 11.7. The fourth-order valence-corrected chi connectivity index (χ4v) is 18.7. The molecular formula is C28H41BrN2O6Si2. The molecule has 0 N–H and O–H groups in total. The van der Waals surface area contributed by atoms with Gasteiger partial charge in [-0.15, -0.1) is 0 Å². The predicted molar refractivity (Wildman–Crippen MR) is 155 cm³/mol. The van der Waals surface area contributed by atoms with E-state index in [0.29, 0.717) is 0 Å². The first kappa shape index (κ1) is 30.6. The lowest BCUT2D eigenvalue weighted by molar-refractivity contribution is -0.296. The topological polar surface area (TPSA) is 98.1 Å². The summed E-state index contributed by atoms with van der Waals surface area (Å²) in [5.41, 5.74) is -0.147. The number of alkyl halides is 1. The zero-order valence-electron chi connectivity index (χ0n) is 24.1. The number of fused-ring (bicyclic) bond motifs is 2. The highest BCUT2D eigenvalue weighted by Gasteiger charge is 2.74. The quantitative estimate of drug-likeness (QED) is 0.209. The van der Waals surface area contributed by atoms with Crippen LogP contribution in [-0.2, 0) is 34.0 Å². The second kappa shape index (κ2) is 11.1. The molecule has 11 heteroatoms. The summed E-state index contributed by atoms with van der Waals surface area (Å²) in [6.07, 6.45) is -1.85. The van der Waals surface area contributed by atoms with Gasteiger partial charge in [-0.1, -0.05) is 102 Å². The number of carbonyl (C=O) groups excluding carboxylic acids is 2. The number of carbonyl (C=O) groups is 2. The molecule has 3 aliphatic rings. The Bertz CT molecular complexity index is 1110. The van der Waals surface area contributed by atoms with Gasteiger partial charge in [0.2, 0.25) is 5.91 Å². The molecule has 1 aromatic rings. The molecule has 5 unspecified atom stereocenters. The van der Waals surface area contributed by atoms with Crippen molar-refractivity contribution in [3.8, 4) is 6.07 Å². The van der Waals surface area contributed by atoms with Crippen molar-refractivity contribution < 1.29 is 27.4 Å². The number of rotatable bonds is 7. The molecule has 0 bridgehead atoms. The van der Waals surface area contributed by atoms with Crippen LogP contribution < -0.4 is 0 Å². The van der Waals surface area contributed by atoms with E-state index in [1.165, 1.54) is 5.06 Å². The second-order valence-electron chi connectivity index (χ2n) is 12.3. The van der Waals surface area contributed by atoms with Gasteiger partial charge in [0.15, 0.2) is 5.78 Å². The summed E-state index contributed by atoms with van der Waals surface area (Å²) in [7, 11) is -6.15.